The Morgan fingerprint density at radius 2 is 1.25 bits per heavy atom. The fourth-order valence-electron chi connectivity index (χ4n) is 3.52. The third-order valence-corrected chi connectivity index (χ3v) is 5.50. The zero-order valence-electron chi connectivity index (χ0n) is 15.9. The smallest absolute Gasteiger partial charge is 0.239 e. The number of carbonyl (C=O) groups is 2. The van der Waals surface area contributed by atoms with Gasteiger partial charge in [0.2, 0.25) is 11.8 Å². The lowest BCUT2D eigenvalue weighted by Gasteiger charge is -2.14. The standard InChI is InChI=1S/C24H22N2O2/c1-16(17-8-4-3-5-9-17)22(27)25-18-12-14-19(15-13-18)26-23(28)24(2)20-10-6-7-11-21(20)24/h3-16H,1-2H3,(H,25,27)(H,26,28)/t16-/m0/s1. The average molecular weight is 370 g/mol. The molecular formula is C24H22N2O2. The van der Waals surface area contributed by atoms with Crippen molar-refractivity contribution in [2.24, 2.45) is 0 Å². The first-order valence-corrected chi connectivity index (χ1v) is 9.37. The molecule has 1 aliphatic carbocycles. The van der Waals surface area contributed by atoms with E-state index < -0.39 is 5.41 Å². The van der Waals surface area contributed by atoms with Crippen molar-refractivity contribution in [1.82, 2.24) is 0 Å². The van der Waals surface area contributed by atoms with Crippen LogP contribution in [0.25, 0.3) is 0 Å². The Hall–Kier alpha value is -3.40. The van der Waals surface area contributed by atoms with Gasteiger partial charge in [-0.15, -0.1) is 0 Å². The van der Waals surface area contributed by atoms with Crippen molar-refractivity contribution in [1.29, 1.82) is 0 Å². The van der Waals surface area contributed by atoms with E-state index in [4.69, 9.17) is 0 Å². The molecule has 0 fully saturated rings. The fraction of sp³-hybridized carbons (Fsp3) is 0.167. The molecule has 1 atom stereocenters. The third-order valence-electron chi connectivity index (χ3n) is 5.50. The van der Waals surface area contributed by atoms with E-state index >= 15 is 0 Å². The molecule has 0 saturated carbocycles. The van der Waals surface area contributed by atoms with Gasteiger partial charge in [0.25, 0.3) is 0 Å². The third kappa shape index (κ3) is 3.18. The predicted octanol–water partition coefficient (Wildman–Crippen LogP) is 4.69. The van der Waals surface area contributed by atoms with Gasteiger partial charge in [-0.05, 0) is 54.8 Å². The predicted molar refractivity (Wildman–Crippen MR) is 111 cm³/mol. The Bertz CT molecular complexity index is 1000. The molecule has 0 bridgehead atoms. The van der Waals surface area contributed by atoms with E-state index in [0.717, 1.165) is 16.7 Å². The van der Waals surface area contributed by atoms with E-state index in [2.05, 4.69) is 10.6 Å². The van der Waals surface area contributed by atoms with Crippen LogP contribution in [0.2, 0.25) is 0 Å². The van der Waals surface area contributed by atoms with E-state index in [-0.39, 0.29) is 17.7 Å². The van der Waals surface area contributed by atoms with Crippen molar-refractivity contribution in [3.63, 3.8) is 0 Å². The molecule has 2 N–H and O–H groups in total. The van der Waals surface area contributed by atoms with Crippen molar-refractivity contribution >= 4 is 23.2 Å². The lowest BCUT2D eigenvalue weighted by molar-refractivity contribution is -0.118. The minimum absolute atomic E-state index is 0.0387. The van der Waals surface area contributed by atoms with Crippen LogP contribution in [-0.4, -0.2) is 11.8 Å². The minimum Gasteiger partial charge on any atom is -0.326 e. The zero-order chi connectivity index (χ0) is 19.7. The summed E-state index contributed by atoms with van der Waals surface area (Å²) in [5.74, 6) is -0.346. The van der Waals surface area contributed by atoms with Gasteiger partial charge in [-0.25, -0.2) is 0 Å². The van der Waals surface area contributed by atoms with Crippen molar-refractivity contribution < 1.29 is 9.59 Å². The van der Waals surface area contributed by atoms with Gasteiger partial charge in [-0.2, -0.15) is 0 Å². The Morgan fingerprint density at radius 3 is 1.82 bits per heavy atom. The number of fused-ring (bicyclic) bond motifs is 1. The van der Waals surface area contributed by atoms with Gasteiger partial charge < -0.3 is 10.6 Å². The number of anilines is 2. The number of benzene rings is 3. The lowest BCUT2D eigenvalue weighted by atomic mass is 10.0. The quantitative estimate of drug-likeness (QED) is 0.685. The van der Waals surface area contributed by atoms with Crippen molar-refractivity contribution in [3.8, 4) is 0 Å². The summed E-state index contributed by atoms with van der Waals surface area (Å²) in [4.78, 5) is 25.1. The van der Waals surface area contributed by atoms with Crippen LogP contribution >= 0.6 is 0 Å². The summed E-state index contributed by atoms with van der Waals surface area (Å²) in [6, 6.07) is 24.7. The van der Waals surface area contributed by atoms with Gasteiger partial charge in [0.05, 0.1) is 11.3 Å². The summed E-state index contributed by atoms with van der Waals surface area (Å²) < 4.78 is 0. The molecule has 4 heteroatoms. The minimum atomic E-state index is -0.540. The molecule has 3 aromatic rings. The Kier molecular flexibility index (Phi) is 4.47. The molecule has 140 valence electrons. The average Bonchev–Trinajstić information content (AvgIpc) is 3.36. The highest BCUT2D eigenvalue weighted by Crippen LogP contribution is 2.49. The first kappa shape index (κ1) is 18.0. The van der Waals surface area contributed by atoms with E-state index in [1.54, 1.807) is 24.3 Å². The van der Waals surface area contributed by atoms with Crippen LogP contribution in [0.5, 0.6) is 0 Å². The largest absolute Gasteiger partial charge is 0.326 e. The lowest BCUT2D eigenvalue weighted by Crippen LogP contribution is -2.26. The first-order valence-electron chi connectivity index (χ1n) is 9.37. The second kappa shape index (κ2) is 6.97. The Balaban J connectivity index is 1.38. The Labute approximate surface area is 164 Å². The van der Waals surface area contributed by atoms with Crippen LogP contribution in [-0.2, 0) is 15.0 Å². The number of hydrogen-bond donors (Lipinski definition) is 2. The van der Waals surface area contributed by atoms with Gasteiger partial charge in [-0.3, -0.25) is 9.59 Å². The number of carbonyl (C=O) groups excluding carboxylic acids is 2. The van der Waals surface area contributed by atoms with Gasteiger partial charge in [-0.1, -0.05) is 54.6 Å². The SMILES string of the molecule is C[C@H](C(=O)Nc1ccc(NC(=O)C2(C)c3ccccc32)cc1)c1ccccc1. The second-order valence-corrected chi connectivity index (χ2v) is 7.32. The molecule has 4 nitrogen and oxygen atoms in total. The number of amides is 2. The Morgan fingerprint density at radius 1 is 0.750 bits per heavy atom. The molecule has 3 aromatic carbocycles. The van der Waals surface area contributed by atoms with Crippen LogP contribution in [0.4, 0.5) is 11.4 Å². The molecule has 0 spiro atoms. The molecule has 0 radical (unpaired) electrons. The van der Waals surface area contributed by atoms with Crippen LogP contribution in [0.1, 0.15) is 36.5 Å². The maximum absolute atomic E-state index is 12.7. The van der Waals surface area contributed by atoms with Crippen molar-refractivity contribution in [2.75, 3.05) is 10.6 Å². The van der Waals surface area contributed by atoms with Gasteiger partial charge in [0, 0.05) is 11.4 Å². The highest BCUT2D eigenvalue weighted by Gasteiger charge is 2.51. The van der Waals surface area contributed by atoms with Gasteiger partial charge in [0.15, 0.2) is 0 Å². The molecular weight excluding hydrogens is 348 g/mol. The zero-order valence-corrected chi connectivity index (χ0v) is 15.9. The van der Waals surface area contributed by atoms with Crippen LogP contribution in [0.3, 0.4) is 0 Å². The summed E-state index contributed by atoms with van der Waals surface area (Å²) in [6.45, 7) is 3.82. The van der Waals surface area contributed by atoms with E-state index in [1.165, 1.54) is 0 Å². The first-order chi connectivity index (χ1) is 13.5. The van der Waals surface area contributed by atoms with Crippen LogP contribution < -0.4 is 10.6 Å². The molecule has 0 unspecified atom stereocenters. The number of hydrogen-bond acceptors (Lipinski definition) is 2. The molecule has 0 aliphatic heterocycles. The highest BCUT2D eigenvalue weighted by molar-refractivity contribution is 6.07. The fourth-order valence-corrected chi connectivity index (χ4v) is 3.52. The summed E-state index contributed by atoms with van der Waals surface area (Å²) in [6.07, 6.45) is 0. The second-order valence-electron chi connectivity index (χ2n) is 7.32. The van der Waals surface area contributed by atoms with Crippen molar-refractivity contribution in [2.45, 2.75) is 25.2 Å². The molecule has 28 heavy (non-hydrogen) atoms. The summed E-state index contributed by atoms with van der Waals surface area (Å²) in [5.41, 5.74) is 3.99. The normalized spacial score (nSPS) is 14.5. The monoisotopic (exact) mass is 370 g/mol. The molecule has 4 rings (SSSR count). The highest BCUT2D eigenvalue weighted by atomic mass is 16.2. The topological polar surface area (TPSA) is 58.2 Å². The molecule has 0 saturated heterocycles. The summed E-state index contributed by atoms with van der Waals surface area (Å²) in [7, 11) is 0. The number of rotatable bonds is 5. The molecule has 1 aliphatic rings. The van der Waals surface area contributed by atoms with Gasteiger partial charge in [0.1, 0.15) is 0 Å². The molecule has 2 amide bonds. The van der Waals surface area contributed by atoms with Crippen LogP contribution in [0, 0.1) is 0 Å². The van der Waals surface area contributed by atoms with E-state index in [0.29, 0.717) is 11.4 Å². The summed E-state index contributed by atoms with van der Waals surface area (Å²) >= 11 is 0. The maximum atomic E-state index is 12.7. The van der Waals surface area contributed by atoms with E-state index in [1.807, 2.05) is 68.4 Å². The number of nitrogens with one attached hydrogen (secondary N) is 2. The molecule has 0 heterocycles. The summed E-state index contributed by atoms with van der Waals surface area (Å²) in [5, 5.41) is 5.89. The maximum Gasteiger partial charge on any atom is 0.239 e. The van der Waals surface area contributed by atoms with Crippen LogP contribution in [0.15, 0.2) is 78.9 Å². The van der Waals surface area contributed by atoms with E-state index in [9.17, 15) is 9.59 Å². The van der Waals surface area contributed by atoms with Crippen molar-refractivity contribution in [3.05, 3.63) is 95.6 Å². The van der Waals surface area contributed by atoms with Gasteiger partial charge >= 0.3 is 0 Å². The molecule has 0 aromatic heterocycles.